The summed E-state index contributed by atoms with van der Waals surface area (Å²) in [6, 6.07) is 5.36. The predicted molar refractivity (Wildman–Crippen MR) is 71.4 cm³/mol. The van der Waals surface area contributed by atoms with Gasteiger partial charge in [0.2, 0.25) is 0 Å². The highest BCUT2D eigenvalue weighted by atomic mass is 19.4. The maximum atomic E-state index is 13.0. The van der Waals surface area contributed by atoms with Gasteiger partial charge >= 0.3 is 6.18 Å². The van der Waals surface area contributed by atoms with Gasteiger partial charge in [-0.1, -0.05) is 32.0 Å². The lowest BCUT2D eigenvalue weighted by atomic mass is 9.74. The average Bonchev–Trinajstić information content (AvgIpc) is 2.84. The molecule has 118 valence electrons. The van der Waals surface area contributed by atoms with Crippen molar-refractivity contribution in [2.45, 2.75) is 43.9 Å². The van der Waals surface area contributed by atoms with E-state index in [9.17, 15) is 18.3 Å². The summed E-state index contributed by atoms with van der Waals surface area (Å²) in [5.41, 5.74) is -2.55. The van der Waals surface area contributed by atoms with Crippen LogP contribution in [0.2, 0.25) is 0 Å². The van der Waals surface area contributed by atoms with E-state index in [-0.39, 0.29) is 0 Å². The molecule has 0 spiro atoms. The van der Waals surface area contributed by atoms with Crippen LogP contribution in [-0.4, -0.2) is 35.2 Å². The minimum atomic E-state index is -4.89. The molecule has 1 heterocycles. The molecule has 0 aliphatic carbocycles. The predicted octanol–water partition coefficient (Wildman–Crippen LogP) is 2.57. The zero-order chi connectivity index (χ0) is 15.9. The van der Waals surface area contributed by atoms with Gasteiger partial charge in [-0.3, -0.25) is 0 Å². The molecule has 21 heavy (non-hydrogen) atoms. The Hall–Kier alpha value is -1.27. The molecule has 1 atom stereocenters. The van der Waals surface area contributed by atoms with Crippen LogP contribution >= 0.6 is 0 Å². The minimum absolute atomic E-state index is 0.506. The number of rotatable bonds is 4. The van der Waals surface area contributed by atoms with E-state index in [1.165, 1.54) is 0 Å². The molecule has 0 saturated heterocycles. The molecule has 1 aromatic rings. The standard InChI is InChI=1S/C15H19F3O3/c1-13(2,8-14(20,9-19)15(16,17)18)11-5-3-4-10-6-7-21-12(10)11/h3-5,19-20H,6-9H2,1-2H3. The fourth-order valence-corrected chi connectivity index (χ4v) is 2.82. The Bertz CT molecular complexity index is 525. The third-order valence-electron chi connectivity index (χ3n) is 3.97. The largest absolute Gasteiger partial charge is 0.493 e. The molecule has 0 aromatic heterocycles. The van der Waals surface area contributed by atoms with Crippen molar-refractivity contribution in [1.82, 2.24) is 0 Å². The fraction of sp³-hybridized carbons (Fsp3) is 0.600. The summed E-state index contributed by atoms with van der Waals surface area (Å²) in [6.45, 7) is 2.36. The molecule has 0 saturated carbocycles. The van der Waals surface area contributed by atoms with Crippen molar-refractivity contribution in [3.8, 4) is 5.75 Å². The first kappa shape index (κ1) is 16.1. The summed E-state index contributed by atoms with van der Waals surface area (Å²) < 4.78 is 44.5. The van der Waals surface area contributed by atoms with Gasteiger partial charge in [-0.25, -0.2) is 0 Å². The van der Waals surface area contributed by atoms with Crippen molar-refractivity contribution in [2.75, 3.05) is 13.2 Å². The maximum absolute atomic E-state index is 13.0. The number of aliphatic hydroxyl groups is 2. The Labute approximate surface area is 121 Å². The van der Waals surface area contributed by atoms with Gasteiger partial charge in [0.15, 0.2) is 5.60 Å². The van der Waals surface area contributed by atoms with Crippen molar-refractivity contribution < 1.29 is 28.1 Å². The summed E-state index contributed by atoms with van der Waals surface area (Å²) >= 11 is 0. The number of halogens is 3. The second-order valence-corrected chi connectivity index (χ2v) is 6.14. The third kappa shape index (κ3) is 2.87. The first-order valence-corrected chi connectivity index (χ1v) is 6.76. The maximum Gasteiger partial charge on any atom is 0.419 e. The number of hydrogen-bond donors (Lipinski definition) is 2. The molecule has 1 aromatic carbocycles. The zero-order valence-electron chi connectivity index (χ0n) is 12.0. The van der Waals surface area contributed by atoms with Crippen LogP contribution in [-0.2, 0) is 11.8 Å². The lowest BCUT2D eigenvalue weighted by Gasteiger charge is -2.37. The van der Waals surface area contributed by atoms with Crippen LogP contribution in [0.3, 0.4) is 0 Å². The Balaban J connectivity index is 2.37. The third-order valence-corrected chi connectivity index (χ3v) is 3.97. The normalized spacial score (nSPS) is 18.0. The Morgan fingerprint density at radius 2 is 1.90 bits per heavy atom. The van der Waals surface area contributed by atoms with Crippen molar-refractivity contribution in [1.29, 1.82) is 0 Å². The molecule has 0 amide bonds. The quantitative estimate of drug-likeness (QED) is 0.899. The van der Waals surface area contributed by atoms with E-state index in [0.717, 1.165) is 12.0 Å². The summed E-state index contributed by atoms with van der Waals surface area (Å²) in [5.74, 6) is 0.602. The van der Waals surface area contributed by atoms with Gasteiger partial charge in [0.25, 0.3) is 0 Å². The summed E-state index contributed by atoms with van der Waals surface area (Å²) in [6.07, 6.45) is -4.81. The monoisotopic (exact) mass is 304 g/mol. The molecular formula is C15H19F3O3. The smallest absolute Gasteiger partial charge is 0.419 e. The van der Waals surface area contributed by atoms with Crippen LogP contribution in [0, 0.1) is 0 Å². The van der Waals surface area contributed by atoms with Crippen LogP contribution in [0.1, 0.15) is 31.4 Å². The highest BCUT2D eigenvalue weighted by molar-refractivity contribution is 5.47. The van der Waals surface area contributed by atoms with Crippen molar-refractivity contribution in [3.05, 3.63) is 29.3 Å². The summed E-state index contributed by atoms with van der Waals surface area (Å²) in [7, 11) is 0. The molecule has 2 rings (SSSR count). The van der Waals surface area contributed by atoms with Gasteiger partial charge in [-0.05, 0) is 17.4 Å². The topological polar surface area (TPSA) is 49.7 Å². The SMILES string of the molecule is CC(C)(CC(O)(CO)C(F)(F)F)c1cccc2c1OCC2. The number of hydrogen-bond acceptors (Lipinski definition) is 3. The van der Waals surface area contributed by atoms with Crippen LogP contribution in [0.15, 0.2) is 18.2 Å². The number of para-hydroxylation sites is 1. The zero-order valence-corrected chi connectivity index (χ0v) is 12.0. The number of alkyl halides is 3. The van der Waals surface area contributed by atoms with Crippen molar-refractivity contribution in [3.63, 3.8) is 0 Å². The number of fused-ring (bicyclic) bond motifs is 1. The van der Waals surface area contributed by atoms with Crippen molar-refractivity contribution >= 4 is 0 Å². The highest BCUT2D eigenvalue weighted by Crippen LogP contribution is 2.45. The second-order valence-electron chi connectivity index (χ2n) is 6.14. The first-order chi connectivity index (χ1) is 9.61. The van der Waals surface area contributed by atoms with Gasteiger partial charge in [0.1, 0.15) is 5.75 Å². The van der Waals surface area contributed by atoms with Crippen LogP contribution in [0.5, 0.6) is 5.75 Å². The molecule has 6 heteroatoms. The number of ether oxygens (including phenoxy) is 1. The van der Waals surface area contributed by atoms with E-state index in [1.54, 1.807) is 26.0 Å². The Morgan fingerprint density at radius 1 is 1.24 bits per heavy atom. The van der Waals surface area contributed by atoms with E-state index in [0.29, 0.717) is 17.9 Å². The van der Waals surface area contributed by atoms with E-state index >= 15 is 0 Å². The first-order valence-electron chi connectivity index (χ1n) is 6.76. The van der Waals surface area contributed by atoms with Crippen LogP contribution < -0.4 is 4.74 Å². The molecule has 1 aliphatic heterocycles. The Kier molecular flexibility index (Phi) is 3.97. The van der Waals surface area contributed by atoms with Gasteiger partial charge < -0.3 is 14.9 Å². The van der Waals surface area contributed by atoms with E-state index in [1.807, 2.05) is 6.07 Å². The van der Waals surface area contributed by atoms with E-state index in [2.05, 4.69) is 0 Å². The lowest BCUT2D eigenvalue weighted by molar-refractivity contribution is -0.277. The summed E-state index contributed by atoms with van der Waals surface area (Å²) in [4.78, 5) is 0. The molecule has 2 N–H and O–H groups in total. The van der Waals surface area contributed by atoms with Crippen LogP contribution in [0.25, 0.3) is 0 Å². The molecule has 3 nitrogen and oxygen atoms in total. The minimum Gasteiger partial charge on any atom is -0.493 e. The molecule has 1 aliphatic rings. The van der Waals surface area contributed by atoms with Gasteiger partial charge in [0.05, 0.1) is 13.2 Å². The molecule has 0 fully saturated rings. The fourth-order valence-electron chi connectivity index (χ4n) is 2.82. The van der Waals surface area contributed by atoms with E-state index in [4.69, 9.17) is 9.84 Å². The molecule has 0 bridgehead atoms. The molecule has 0 radical (unpaired) electrons. The molecular weight excluding hydrogens is 285 g/mol. The van der Waals surface area contributed by atoms with Gasteiger partial charge in [0, 0.05) is 12.0 Å². The average molecular weight is 304 g/mol. The second kappa shape index (κ2) is 5.18. The lowest BCUT2D eigenvalue weighted by Crippen LogP contribution is -2.52. The number of aliphatic hydroxyl groups excluding tert-OH is 1. The van der Waals surface area contributed by atoms with Gasteiger partial charge in [-0.15, -0.1) is 0 Å². The van der Waals surface area contributed by atoms with Gasteiger partial charge in [-0.2, -0.15) is 13.2 Å². The summed E-state index contributed by atoms with van der Waals surface area (Å²) in [5, 5.41) is 18.8. The van der Waals surface area contributed by atoms with E-state index < -0.39 is 30.2 Å². The Morgan fingerprint density at radius 3 is 2.48 bits per heavy atom. The van der Waals surface area contributed by atoms with Crippen molar-refractivity contribution in [2.24, 2.45) is 0 Å². The highest BCUT2D eigenvalue weighted by Gasteiger charge is 2.56. The molecule has 1 unspecified atom stereocenters. The van der Waals surface area contributed by atoms with Crippen LogP contribution in [0.4, 0.5) is 13.2 Å². The number of benzene rings is 1.